The molecule has 7 nitrogen and oxygen atoms in total. The van der Waals surface area contributed by atoms with Gasteiger partial charge in [-0.05, 0) is 38.5 Å². The molecule has 0 heterocycles. The Morgan fingerprint density at radius 2 is 1.95 bits per heavy atom. The summed E-state index contributed by atoms with van der Waals surface area (Å²) in [5.41, 5.74) is 6.80. The number of anilines is 1. The largest absolute Gasteiger partial charge is 0.446 e. The molecule has 1 aromatic rings. The minimum atomic E-state index is -4.04. The number of nitrogens with one attached hydrogen (secondary N) is 2. The van der Waals surface area contributed by atoms with E-state index in [1.807, 2.05) is 0 Å². The van der Waals surface area contributed by atoms with Gasteiger partial charge >= 0.3 is 16.3 Å². The average molecular weight is 301 g/mol. The predicted molar refractivity (Wildman–Crippen MR) is 76.3 cm³/mol. The van der Waals surface area contributed by atoms with E-state index in [0.29, 0.717) is 5.69 Å². The third-order valence-electron chi connectivity index (χ3n) is 2.23. The van der Waals surface area contributed by atoms with Crippen molar-refractivity contribution in [1.82, 2.24) is 4.72 Å². The molecule has 0 radical (unpaired) electrons. The summed E-state index contributed by atoms with van der Waals surface area (Å²) in [6, 6.07) is 6.38. The molecule has 0 saturated carbocycles. The number of nitrogens with two attached hydrogens (primary N) is 1. The smallest absolute Gasteiger partial charge is 0.422 e. The SMILES string of the molecule is CC(C)OC(=O)NS(=O)(=O)Nc1cccc(C(C)N)c1. The van der Waals surface area contributed by atoms with E-state index in [2.05, 4.69) is 4.72 Å². The normalized spacial score (nSPS) is 12.8. The van der Waals surface area contributed by atoms with Crippen LogP contribution in [-0.2, 0) is 14.9 Å². The Balaban J connectivity index is 2.76. The zero-order valence-electron chi connectivity index (χ0n) is 11.6. The van der Waals surface area contributed by atoms with Gasteiger partial charge < -0.3 is 10.5 Å². The molecule has 1 atom stereocenters. The van der Waals surface area contributed by atoms with E-state index in [1.54, 1.807) is 49.8 Å². The maximum Gasteiger partial charge on any atom is 0.422 e. The quantitative estimate of drug-likeness (QED) is 0.763. The second kappa shape index (κ2) is 6.58. The van der Waals surface area contributed by atoms with Crippen LogP contribution in [-0.4, -0.2) is 20.6 Å². The fourth-order valence-corrected chi connectivity index (χ4v) is 2.17. The van der Waals surface area contributed by atoms with Gasteiger partial charge in [0, 0.05) is 6.04 Å². The average Bonchev–Trinajstić information content (AvgIpc) is 2.26. The van der Waals surface area contributed by atoms with Crippen molar-refractivity contribution in [3.05, 3.63) is 29.8 Å². The molecule has 0 saturated heterocycles. The zero-order valence-corrected chi connectivity index (χ0v) is 12.4. The van der Waals surface area contributed by atoms with Crippen LogP contribution >= 0.6 is 0 Å². The summed E-state index contributed by atoms with van der Waals surface area (Å²) in [7, 11) is -4.04. The van der Waals surface area contributed by atoms with Gasteiger partial charge in [-0.15, -0.1) is 0 Å². The molecule has 112 valence electrons. The number of carbonyl (C=O) groups excluding carboxylic acids is 1. The van der Waals surface area contributed by atoms with E-state index in [0.717, 1.165) is 5.56 Å². The first kappa shape index (κ1) is 16.3. The highest BCUT2D eigenvalue weighted by Gasteiger charge is 2.16. The van der Waals surface area contributed by atoms with E-state index >= 15 is 0 Å². The lowest BCUT2D eigenvalue weighted by Crippen LogP contribution is -2.36. The van der Waals surface area contributed by atoms with Crippen LogP contribution in [0.5, 0.6) is 0 Å². The van der Waals surface area contributed by atoms with Crippen LogP contribution in [0.4, 0.5) is 10.5 Å². The molecule has 1 rings (SSSR count). The zero-order chi connectivity index (χ0) is 15.3. The maximum atomic E-state index is 11.7. The topological polar surface area (TPSA) is 111 Å². The van der Waals surface area contributed by atoms with E-state index in [9.17, 15) is 13.2 Å². The number of rotatable bonds is 5. The first-order valence-electron chi connectivity index (χ1n) is 6.06. The summed E-state index contributed by atoms with van der Waals surface area (Å²) in [6.45, 7) is 5.02. The Hall–Kier alpha value is -1.80. The van der Waals surface area contributed by atoms with Gasteiger partial charge in [-0.3, -0.25) is 4.72 Å². The minimum absolute atomic E-state index is 0.224. The van der Waals surface area contributed by atoms with Crippen molar-refractivity contribution >= 4 is 22.0 Å². The van der Waals surface area contributed by atoms with Crippen molar-refractivity contribution in [3.63, 3.8) is 0 Å². The molecule has 1 unspecified atom stereocenters. The van der Waals surface area contributed by atoms with Gasteiger partial charge in [0.25, 0.3) is 0 Å². The fraction of sp³-hybridized carbons (Fsp3) is 0.417. The van der Waals surface area contributed by atoms with Crippen molar-refractivity contribution < 1.29 is 17.9 Å². The van der Waals surface area contributed by atoms with Gasteiger partial charge in [-0.1, -0.05) is 12.1 Å². The molecular formula is C12H19N3O4S. The molecule has 8 heteroatoms. The summed E-state index contributed by atoms with van der Waals surface area (Å²) in [6.07, 6.45) is -1.44. The molecule has 0 aliphatic heterocycles. The summed E-state index contributed by atoms with van der Waals surface area (Å²) in [4.78, 5) is 11.3. The third kappa shape index (κ3) is 5.45. The standard InChI is InChI=1S/C12H19N3O4S/c1-8(2)19-12(16)15-20(17,18)14-11-6-4-5-10(7-11)9(3)13/h4-9,14H,13H2,1-3H3,(H,15,16). The Morgan fingerprint density at radius 1 is 1.30 bits per heavy atom. The fourth-order valence-electron chi connectivity index (χ4n) is 1.41. The van der Waals surface area contributed by atoms with Crippen LogP contribution in [0, 0.1) is 0 Å². The minimum Gasteiger partial charge on any atom is -0.446 e. The molecule has 1 amide bonds. The molecule has 0 spiro atoms. The molecule has 20 heavy (non-hydrogen) atoms. The Kier molecular flexibility index (Phi) is 5.34. The molecular weight excluding hydrogens is 282 g/mol. The highest BCUT2D eigenvalue weighted by atomic mass is 32.2. The van der Waals surface area contributed by atoms with Crippen molar-refractivity contribution in [2.75, 3.05) is 4.72 Å². The molecule has 0 bridgehead atoms. The maximum absolute atomic E-state index is 11.7. The molecule has 4 N–H and O–H groups in total. The first-order valence-corrected chi connectivity index (χ1v) is 7.54. The monoisotopic (exact) mass is 301 g/mol. The molecule has 0 aliphatic rings. The lowest BCUT2D eigenvalue weighted by Gasteiger charge is -2.13. The van der Waals surface area contributed by atoms with Gasteiger partial charge in [0.05, 0.1) is 11.8 Å². The predicted octanol–water partition coefficient (Wildman–Crippen LogP) is 1.50. The van der Waals surface area contributed by atoms with Crippen molar-refractivity contribution in [3.8, 4) is 0 Å². The van der Waals surface area contributed by atoms with Gasteiger partial charge in [-0.2, -0.15) is 8.42 Å². The number of hydrogen-bond acceptors (Lipinski definition) is 5. The number of hydrogen-bond donors (Lipinski definition) is 3. The summed E-state index contributed by atoms with van der Waals surface area (Å²) in [5, 5.41) is 0. The second-order valence-electron chi connectivity index (χ2n) is 4.58. The van der Waals surface area contributed by atoms with Crippen LogP contribution in [0.1, 0.15) is 32.4 Å². The van der Waals surface area contributed by atoms with Crippen LogP contribution in [0.15, 0.2) is 24.3 Å². The van der Waals surface area contributed by atoms with Crippen LogP contribution in [0.3, 0.4) is 0 Å². The Morgan fingerprint density at radius 3 is 2.50 bits per heavy atom. The van der Waals surface area contributed by atoms with Crippen LogP contribution < -0.4 is 15.2 Å². The van der Waals surface area contributed by atoms with Gasteiger partial charge in [0.15, 0.2) is 0 Å². The molecule has 0 fully saturated rings. The second-order valence-corrected chi connectivity index (χ2v) is 5.99. The lowest BCUT2D eigenvalue weighted by atomic mass is 10.1. The molecule has 1 aromatic carbocycles. The van der Waals surface area contributed by atoms with Gasteiger partial charge in [0.2, 0.25) is 0 Å². The first-order chi connectivity index (χ1) is 9.19. The molecule has 0 aliphatic carbocycles. The molecule has 0 aromatic heterocycles. The van der Waals surface area contributed by atoms with E-state index in [1.165, 1.54) is 0 Å². The van der Waals surface area contributed by atoms with E-state index in [4.69, 9.17) is 10.5 Å². The third-order valence-corrected chi connectivity index (χ3v) is 3.16. The number of ether oxygens (including phenoxy) is 1. The van der Waals surface area contributed by atoms with E-state index < -0.39 is 22.4 Å². The van der Waals surface area contributed by atoms with Crippen molar-refractivity contribution in [2.45, 2.75) is 32.9 Å². The van der Waals surface area contributed by atoms with Gasteiger partial charge in [0.1, 0.15) is 0 Å². The highest BCUT2D eigenvalue weighted by Crippen LogP contribution is 2.16. The van der Waals surface area contributed by atoms with Gasteiger partial charge in [-0.25, -0.2) is 9.52 Å². The summed E-state index contributed by atoms with van der Waals surface area (Å²) in [5.74, 6) is 0. The number of amides is 1. The Bertz CT molecular complexity index is 570. The summed E-state index contributed by atoms with van der Waals surface area (Å²) >= 11 is 0. The van der Waals surface area contributed by atoms with E-state index in [-0.39, 0.29) is 6.04 Å². The highest BCUT2D eigenvalue weighted by molar-refractivity contribution is 7.91. The van der Waals surface area contributed by atoms with Crippen LogP contribution in [0.25, 0.3) is 0 Å². The van der Waals surface area contributed by atoms with Crippen molar-refractivity contribution in [2.24, 2.45) is 5.73 Å². The summed E-state index contributed by atoms with van der Waals surface area (Å²) < 4.78 is 32.1. The van der Waals surface area contributed by atoms with Crippen LogP contribution in [0.2, 0.25) is 0 Å². The lowest BCUT2D eigenvalue weighted by molar-refractivity contribution is 0.121. The number of carbonyl (C=O) groups is 1. The number of benzene rings is 1. The Labute approximate surface area is 118 Å². The van der Waals surface area contributed by atoms with Crippen molar-refractivity contribution in [1.29, 1.82) is 0 Å².